The molecule has 0 fully saturated rings. The fraction of sp³-hybridized carbons (Fsp3) is 0.462. The van der Waals surface area contributed by atoms with E-state index in [1.807, 2.05) is 6.07 Å². The fourth-order valence-electron chi connectivity index (χ4n) is 2.23. The molecule has 0 radical (unpaired) electrons. The Kier molecular flexibility index (Phi) is 5.60. The smallest absolute Gasteiger partial charge is 0.253 e. The Hall–Kier alpha value is -1.30. The summed E-state index contributed by atoms with van der Waals surface area (Å²) in [4.78, 5) is 13.8. The van der Waals surface area contributed by atoms with Crippen molar-refractivity contribution in [2.75, 3.05) is 20.2 Å². The van der Waals surface area contributed by atoms with Gasteiger partial charge in [0, 0.05) is 26.7 Å². The number of rotatable bonds is 3. The van der Waals surface area contributed by atoms with E-state index in [-0.39, 0.29) is 30.6 Å². The number of hydrogen-bond donors (Lipinski definition) is 2. The predicted octanol–water partition coefficient (Wildman–Crippen LogP) is 0.672. The van der Waals surface area contributed by atoms with E-state index in [4.69, 9.17) is 10.5 Å². The number of hydrogen-bond acceptors (Lipinski definition) is 4. The first-order valence-corrected chi connectivity index (χ1v) is 5.98. The number of fused-ring (bicyclic) bond motifs is 1. The van der Waals surface area contributed by atoms with Crippen LogP contribution in [0.1, 0.15) is 11.1 Å². The van der Waals surface area contributed by atoms with Crippen LogP contribution < -0.4 is 5.73 Å². The van der Waals surface area contributed by atoms with Crippen molar-refractivity contribution in [1.82, 2.24) is 4.90 Å². The maximum absolute atomic E-state index is 12.1. The molecule has 0 aromatic heterocycles. The lowest BCUT2D eigenvalue weighted by Gasteiger charge is -2.31. The van der Waals surface area contributed by atoms with E-state index in [0.29, 0.717) is 13.1 Å². The van der Waals surface area contributed by atoms with E-state index in [1.54, 1.807) is 17.0 Å². The number of carbonyl (C=O) groups excluding carboxylic acids is 1. The molecule has 1 aliphatic heterocycles. The molecule has 0 aliphatic carbocycles. The molecule has 19 heavy (non-hydrogen) atoms. The standard InChI is InChI=1S/C13H18N2O3.ClH/c1-18-12(7-14)13(17)15-5-4-9-2-3-11(16)6-10(9)8-15;/h2-3,6,12,16H,4-5,7-8,14H2,1H3;1H. The minimum Gasteiger partial charge on any atom is -0.508 e. The van der Waals surface area contributed by atoms with E-state index < -0.39 is 6.10 Å². The molecule has 1 aromatic carbocycles. The van der Waals surface area contributed by atoms with Crippen molar-refractivity contribution in [2.24, 2.45) is 5.73 Å². The van der Waals surface area contributed by atoms with Gasteiger partial charge in [0.05, 0.1) is 0 Å². The summed E-state index contributed by atoms with van der Waals surface area (Å²) < 4.78 is 5.06. The third-order valence-electron chi connectivity index (χ3n) is 3.29. The van der Waals surface area contributed by atoms with E-state index in [9.17, 15) is 9.90 Å². The number of nitrogens with zero attached hydrogens (tertiary/aromatic N) is 1. The molecule has 0 spiro atoms. The lowest BCUT2D eigenvalue weighted by Crippen LogP contribution is -2.45. The molecule has 1 unspecified atom stereocenters. The van der Waals surface area contributed by atoms with Crippen LogP contribution in [-0.4, -0.2) is 42.2 Å². The number of aromatic hydroxyl groups is 1. The summed E-state index contributed by atoms with van der Waals surface area (Å²) in [5.41, 5.74) is 7.66. The molecule has 1 amide bonds. The molecule has 2 rings (SSSR count). The average Bonchev–Trinajstić information content (AvgIpc) is 2.39. The number of benzene rings is 1. The third kappa shape index (κ3) is 3.37. The molecule has 3 N–H and O–H groups in total. The van der Waals surface area contributed by atoms with Crippen LogP contribution in [0.3, 0.4) is 0 Å². The quantitative estimate of drug-likeness (QED) is 0.856. The molecule has 0 saturated heterocycles. The molecule has 1 atom stereocenters. The Morgan fingerprint density at radius 3 is 2.89 bits per heavy atom. The maximum atomic E-state index is 12.1. The highest BCUT2D eigenvalue weighted by Gasteiger charge is 2.26. The summed E-state index contributed by atoms with van der Waals surface area (Å²) in [5.74, 6) is 0.138. The predicted molar refractivity (Wildman–Crippen MR) is 74.3 cm³/mol. The second kappa shape index (κ2) is 6.75. The van der Waals surface area contributed by atoms with Gasteiger partial charge in [-0.3, -0.25) is 4.79 Å². The first kappa shape index (κ1) is 15.8. The van der Waals surface area contributed by atoms with Crippen molar-refractivity contribution in [1.29, 1.82) is 0 Å². The van der Waals surface area contributed by atoms with Gasteiger partial charge >= 0.3 is 0 Å². The normalized spacial score (nSPS) is 15.4. The SMILES string of the molecule is COC(CN)C(=O)N1CCc2ccc(O)cc2C1.Cl. The Labute approximate surface area is 118 Å². The molecule has 0 saturated carbocycles. The number of amides is 1. The van der Waals surface area contributed by atoms with Crippen LogP contribution in [0.4, 0.5) is 0 Å². The van der Waals surface area contributed by atoms with Gasteiger partial charge in [-0.15, -0.1) is 12.4 Å². The summed E-state index contributed by atoms with van der Waals surface area (Å²) in [6.07, 6.45) is 0.214. The van der Waals surface area contributed by atoms with E-state index in [0.717, 1.165) is 12.0 Å². The lowest BCUT2D eigenvalue weighted by atomic mass is 9.99. The zero-order valence-corrected chi connectivity index (χ0v) is 11.7. The van der Waals surface area contributed by atoms with Gasteiger partial charge in [-0.25, -0.2) is 0 Å². The number of halogens is 1. The van der Waals surface area contributed by atoms with Crippen molar-refractivity contribution in [3.63, 3.8) is 0 Å². The monoisotopic (exact) mass is 286 g/mol. The van der Waals surface area contributed by atoms with Gasteiger partial charge < -0.3 is 20.5 Å². The zero-order chi connectivity index (χ0) is 13.1. The highest BCUT2D eigenvalue weighted by atomic mass is 35.5. The van der Waals surface area contributed by atoms with Crippen LogP contribution in [0.25, 0.3) is 0 Å². The molecule has 1 aliphatic rings. The Balaban J connectivity index is 0.00000180. The van der Waals surface area contributed by atoms with Crippen molar-refractivity contribution < 1.29 is 14.6 Å². The number of phenols is 1. The van der Waals surface area contributed by atoms with Crippen molar-refractivity contribution in [2.45, 2.75) is 19.1 Å². The van der Waals surface area contributed by atoms with Gasteiger partial charge in [0.25, 0.3) is 5.91 Å². The average molecular weight is 287 g/mol. The summed E-state index contributed by atoms with van der Waals surface area (Å²) >= 11 is 0. The number of phenolic OH excluding ortho intramolecular Hbond substituents is 1. The van der Waals surface area contributed by atoms with Gasteiger partial charge in [0.2, 0.25) is 0 Å². The first-order chi connectivity index (χ1) is 8.65. The van der Waals surface area contributed by atoms with Crippen molar-refractivity contribution >= 4 is 18.3 Å². The molecule has 5 nitrogen and oxygen atoms in total. The minimum atomic E-state index is -0.580. The van der Waals surface area contributed by atoms with Gasteiger partial charge in [-0.2, -0.15) is 0 Å². The van der Waals surface area contributed by atoms with Crippen LogP contribution >= 0.6 is 12.4 Å². The zero-order valence-electron chi connectivity index (χ0n) is 10.8. The highest BCUT2D eigenvalue weighted by molar-refractivity contribution is 5.85. The number of carbonyl (C=O) groups is 1. The first-order valence-electron chi connectivity index (χ1n) is 5.98. The largest absolute Gasteiger partial charge is 0.508 e. The summed E-state index contributed by atoms with van der Waals surface area (Å²) in [6, 6.07) is 5.29. The lowest BCUT2D eigenvalue weighted by molar-refractivity contribution is -0.142. The highest BCUT2D eigenvalue weighted by Crippen LogP contribution is 2.23. The number of methoxy groups -OCH3 is 1. The fourth-order valence-corrected chi connectivity index (χ4v) is 2.23. The third-order valence-corrected chi connectivity index (χ3v) is 3.29. The Bertz CT molecular complexity index is 450. The topological polar surface area (TPSA) is 75.8 Å². The molecule has 0 bridgehead atoms. The van der Waals surface area contributed by atoms with Crippen molar-refractivity contribution in [3.05, 3.63) is 29.3 Å². The molecular formula is C13H19ClN2O3. The molecular weight excluding hydrogens is 268 g/mol. The second-order valence-electron chi connectivity index (χ2n) is 4.42. The molecule has 6 heteroatoms. The van der Waals surface area contributed by atoms with Crippen LogP contribution in [0.2, 0.25) is 0 Å². The van der Waals surface area contributed by atoms with Gasteiger partial charge in [-0.05, 0) is 29.7 Å². The maximum Gasteiger partial charge on any atom is 0.253 e. The molecule has 1 aromatic rings. The Morgan fingerprint density at radius 2 is 2.26 bits per heavy atom. The summed E-state index contributed by atoms with van der Waals surface area (Å²) in [6.45, 7) is 1.34. The van der Waals surface area contributed by atoms with Gasteiger partial charge in [0.15, 0.2) is 0 Å². The van der Waals surface area contributed by atoms with Crippen molar-refractivity contribution in [3.8, 4) is 5.75 Å². The number of nitrogens with two attached hydrogens (primary N) is 1. The molecule has 106 valence electrons. The van der Waals surface area contributed by atoms with Crippen LogP contribution in [0.5, 0.6) is 5.75 Å². The summed E-state index contributed by atoms with van der Waals surface area (Å²) in [7, 11) is 1.49. The summed E-state index contributed by atoms with van der Waals surface area (Å²) in [5, 5.41) is 9.47. The van der Waals surface area contributed by atoms with E-state index >= 15 is 0 Å². The minimum absolute atomic E-state index is 0. The van der Waals surface area contributed by atoms with Crippen LogP contribution in [0, 0.1) is 0 Å². The van der Waals surface area contributed by atoms with Crippen LogP contribution in [0.15, 0.2) is 18.2 Å². The second-order valence-corrected chi connectivity index (χ2v) is 4.42. The van der Waals surface area contributed by atoms with Crippen LogP contribution in [-0.2, 0) is 22.5 Å². The molecule has 1 heterocycles. The van der Waals surface area contributed by atoms with E-state index in [2.05, 4.69) is 0 Å². The Morgan fingerprint density at radius 1 is 1.53 bits per heavy atom. The van der Waals surface area contributed by atoms with E-state index in [1.165, 1.54) is 12.7 Å². The van der Waals surface area contributed by atoms with Gasteiger partial charge in [-0.1, -0.05) is 6.07 Å². The van der Waals surface area contributed by atoms with Gasteiger partial charge in [0.1, 0.15) is 11.9 Å². The number of ether oxygens (including phenoxy) is 1.